The standard InChI is InChI=1S/C13H15F3N4O/c1-18-3-4-20-10(7-18)12(21)19(2)9-5-8(13(14,15)16)6-17-11(9)20/h5-6,10H,3-4,7H2,1-2H3/t10-/m1/s1. The number of carbonyl (C=O) groups excluding carboxylic acids is 1. The number of fused-ring (bicyclic) bond motifs is 3. The number of rotatable bonds is 0. The molecular weight excluding hydrogens is 285 g/mol. The highest BCUT2D eigenvalue weighted by molar-refractivity contribution is 6.04. The summed E-state index contributed by atoms with van der Waals surface area (Å²) in [6, 6.07) is 0.611. The minimum Gasteiger partial charge on any atom is -0.340 e. The van der Waals surface area contributed by atoms with Crippen LogP contribution in [0.5, 0.6) is 0 Å². The first-order chi connectivity index (χ1) is 9.79. The van der Waals surface area contributed by atoms with Gasteiger partial charge in [0.15, 0.2) is 5.82 Å². The molecule has 1 fully saturated rings. The zero-order valence-corrected chi connectivity index (χ0v) is 11.7. The number of hydrogen-bond acceptors (Lipinski definition) is 4. The van der Waals surface area contributed by atoms with Crippen LogP contribution in [0, 0.1) is 0 Å². The number of likely N-dealkylation sites (N-methyl/N-ethyl adjacent to an activating group) is 2. The number of alkyl halides is 3. The number of pyridine rings is 1. The zero-order valence-electron chi connectivity index (χ0n) is 11.7. The number of carbonyl (C=O) groups is 1. The lowest BCUT2D eigenvalue weighted by atomic mass is 10.1. The SMILES string of the molecule is CN1CCN2c3ncc(C(F)(F)F)cc3N(C)C(=O)[C@H]2C1. The second-order valence-electron chi connectivity index (χ2n) is 5.43. The second-order valence-corrected chi connectivity index (χ2v) is 5.43. The number of halogens is 3. The molecule has 1 saturated heterocycles. The molecule has 0 bridgehead atoms. The molecule has 21 heavy (non-hydrogen) atoms. The maximum absolute atomic E-state index is 12.8. The highest BCUT2D eigenvalue weighted by Crippen LogP contribution is 2.39. The molecule has 5 nitrogen and oxygen atoms in total. The Morgan fingerprint density at radius 1 is 1.29 bits per heavy atom. The van der Waals surface area contributed by atoms with Crippen LogP contribution in [0.4, 0.5) is 24.7 Å². The maximum Gasteiger partial charge on any atom is 0.417 e. The third-order valence-corrected chi connectivity index (χ3v) is 4.01. The van der Waals surface area contributed by atoms with E-state index in [1.54, 1.807) is 4.90 Å². The summed E-state index contributed by atoms with van der Waals surface area (Å²) in [5.74, 6) is 0.248. The topological polar surface area (TPSA) is 39.7 Å². The van der Waals surface area contributed by atoms with Gasteiger partial charge in [0.1, 0.15) is 6.04 Å². The van der Waals surface area contributed by atoms with E-state index in [9.17, 15) is 18.0 Å². The molecule has 8 heteroatoms. The molecular formula is C13H15F3N4O. The summed E-state index contributed by atoms with van der Waals surface area (Å²) in [5.41, 5.74) is -0.621. The molecule has 0 radical (unpaired) electrons. The lowest BCUT2D eigenvalue weighted by Crippen LogP contribution is -2.61. The molecule has 0 saturated carbocycles. The Morgan fingerprint density at radius 3 is 2.67 bits per heavy atom. The summed E-state index contributed by atoms with van der Waals surface area (Å²) in [6.45, 7) is 1.87. The minimum absolute atomic E-state index is 0.199. The number of anilines is 2. The first kappa shape index (κ1) is 14.1. The Balaban J connectivity index is 2.07. The Morgan fingerprint density at radius 2 is 2.00 bits per heavy atom. The third-order valence-electron chi connectivity index (χ3n) is 4.01. The predicted octanol–water partition coefficient (Wildman–Crippen LogP) is 1.20. The average molecular weight is 300 g/mol. The summed E-state index contributed by atoms with van der Waals surface area (Å²) < 4.78 is 38.4. The normalized spacial score (nSPS) is 23.1. The van der Waals surface area contributed by atoms with E-state index in [-0.39, 0.29) is 17.6 Å². The minimum atomic E-state index is -4.47. The van der Waals surface area contributed by atoms with E-state index in [1.165, 1.54) is 11.9 Å². The summed E-state index contributed by atoms with van der Waals surface area (Å²) in [6.07, 6.45) is -3.64. The molecule has 0 spiro atoms. The second kappa shape index (κ2) is 4.59. The van der Waals surface area contributed by atoms with Crippen molar-refractivity contribution in [2.45, 2.75) is 12.2 Å². The van der Waals surface area contributed by atoms with Gasteiger partial charge in [0.05, 0.1) is 11.3 Å². The van der Waals surface area contributed by atoms with Crippen LogP contribution in [0.3, 0.4) is 0 Å². The smallest absolute Gasteiger partial charge is 0.340 e. The van der Waals surface area contributed by atoms with Crippen LogP contribution in [0.1, 0.15) is 5.56 Å². The van der Waals surface area contributed by atoms with Crippen LogP contribution in [-0.2, 0) is 11.0 Å². The first-order valence-electron chi connectivity index (χ1n) is 6.59. The Labute approximate surface area is 119 Å². The van der Waals surface area contributed by atoms with Crippen LogP contribution < -0.4 is 9.80 Å². The van der Waals surface area contributed by atoms with Crippen LogP contribution in [-0.4, -0.2) is 55.6 Å². The third kappa shape index (κ3) is 2.23. The summed E-state index contributed by atoms with van der Waals surface area (Å²) in [7, 11) is 3.41. The fourth-order valence-electron chi connectivity index (χ4n) is 2.80. The number of piperazine rings is 1. The van der Waals surface area contributed by atoms with Crippen LogP contribution in [0.15, 0.2) is 12.3 Å². The Kier molecular flexibility index (Phi) is 3.09. The summed E-state index contributed by atoms with van der Waals surface area (Å²) in [5, 5.41) is 0. The van der Waals surface area contributed by atoms with Crippen molar-refractivity contribution in [3.8, 4) is 0 Å². The first-order valence-corrected chi connectivity index (χ1v) is 6.59. The maximum atomic E-state index is 12.8. The van der Waals surface area contributed by atoms with E-state index < -0.39 is 11.7 Å². The fraction of sp³-hybridized carbons (Fsp3) is 0.538. The van der Waals surface area contributed by atoms with E-state index >= 15 is 0 Å². The van der Waals surface area contributed by atoms with Gasteiger partial charge in [0, 0.05) is 32.9 Å². The molecule has 1 amide bonds. The van der Waals surface area contributed by atoms with Crippen LogP contribution >= 0.6 is 0 Å². The quantitative estimate of drug-likeness (QED) is 0.722. The average Bonchev–Trinajstić information content (AvgIpc) is 2.43. The van der Waals surface area contributed by atoms with Gasteiger partial charge in [-0.3, -0.25) is 4.79 Å². The van der Waals surface area contributed by atoms with Crippen LogP contribution in [0.25, 0.3) is 0 Å². The monoisotopic (exact) mass is 300 g/mol. The lowest BCUT2D eigenvalue weighted by molar-refractivity contribution is -0.137. The number of aromatic nitrogens is 1. The van der Waals surface area contributed by atoms with Gasteiger partial charge in [0.2, 0.25) is 0 Å². The van der Waals surface area contributed by atoms with E-state index in [0.717, 1.165) is 18.8 Å². The van der Waals surface area contributed by atoms with Crippen molar-refractivity contribution in [1.82, 2.24) is 9.88 Å². The molecule has 1 aromatic rings. The van der Waals surface area contributed by atoms with Crippen molar-refractivity contribution in [1.29, 1.82) is 0 Å². The van der Waals surface area contributed by atoms with Gasteiger partial charge in [-0.15, -0.1) is 0 Å². The number of amides is 1. The van der Waals surface area contributed by atoms with Crippen molar-refractivity contribution in [3.05, 3.63) is 17.8 Å². The Hall–Kier alpha value is -1.83. The fourth-order valence-corrected chi connectivity index (χ4v) is 2.80. The van der Waals surface area contributed by atoms with Crippen molar-refractivity contribution in [2.24, 2.45) is 0 Å². The summed E-state index contributed by atoms with van der Waals surface area (Å²) >= 11 is 0. The largest absolute Gasteiger partial charge is 0.417 e. The van der Waals surface area contributed by atoms with Gasteiger partial charge < -0.3 is 14.7 Å². The van der Waals surface area contributed by atoms with Gasteiger partial charge in [-0.1, -0.05) is 0 Å². The van der Waals surface area contributed by atoms with E-state index in [4.69, 9.17) is 0 Å². The van der Waals surface area contributed by atoms with E-state index in [1.807, 2.05) is 11.9 Å². The molecule has 0 unspecified atom stereocenters. The molecule has 3 rings (SSSR count). The van der Waals surface area contributed by atoms with Crippen molar-refractivity contribution >= 4 is 17.4 Å². The molecule has 114 valence electrons. The van der Waals surface area contributed by atoms with Crippen LogP contribution in [0.2, 0.25) is 0 Å². The number of nitrogens with zero attached hydrogens (tertiary/aromatic N) is 4. The van der Waals surface area contributed by atoms with Crippen molar-refractivity contribution < 1.29 is 18.0 Å². The molecule has 0 aliphatic carbocycles. The van der Waals surface area contributed by atoms with Gasteiger partial charge in [-0.2, -0.15) is 13.2 Å². The highest BCUT2D eigenvalue weighted by atomic mass is 19.4. The molecule has 1 atom stereocenters. The zero-order chi connectivity index (χ0) is 15.4. The van der Waals surface area contributed by atoms with E-state index in [2.05, 4.69) is 4.98 Å². The van der Waals surface area contributed by atoms with Crippen molar-refractivity contribution in [3.63, 3.8) is 0 Å². The molecule has 2 aliphatic heterocycles. The summed E-state index contributed by atoms with van der Waals surface area (Å²) in [4.78, 5) is 21.5. The Bertz CT molecular complexity index is 589. The molecule has 0 aromatic carbocycles. The highest BCUT2D eigenvalue weighted by Gasteiger charge is 2.41. The van der Waals surface area contributed by atoms with Gasteiger partial charge in [-0.25, -0.2) is 4.98 Å². The molecule has 0 N–H and O–H groups in total. The van der Waals surface area contributed by atoms with Gasteiger partial charge >= 0.3 is 6.18 Å². The molecule has 2 aliphatic rings. The lowest BCUT2D eigenvalue weighted by Gasteiger charge is -2.45. The van der Waals surface area contributed by atoms with Crippen molar-refractivity contribution in [2.75, 3.05) is 43.5 Å². The van der Waals surface area contributed by atoms with Gasteiger partial charge in [0.25, 0.3) is 5.91 Å². The number of hydrogen-bond donors (Lipinski definition) is 0. The molecule has 3 heterocycles. The van der Waals surface area contributed by atoms with Gasteiger partial charge in [-0.05, 0) is 13.1 Å². The predicted molar refractivity (Wildman–Crippen MR) is 71.3 cm³/mol. The molecule has 1 aromatic heterocycles. The van der Waals surface area contributed by atoms with E-state index in [0.29, 0.717) is 18.9 Å².